The Labute approximate surface area is 169 Å². The molecule has 0 saturated heterocycles. The number of hydrogen-bond acceptors (Lipinski definition) is 6. The molecule has 2 aromatic carbocycles. The minimum atomic E-state index is -0.970. The highest BCUT2D eigenvalue weighted by molar-refractivity contribution is 5.97. The van der Waals surface area contributed by atoms with Crippen LogP contribution in [0.2, 0.25) is 0 Å². The molecule has 29 heavy (non-hydrogen) atoms. The molecule has 1 atom stereocenters. The summed E-state index contributed by atoms with van der Waals surface area (Å²) in [6, 6.07) is 12.4. The van der Waals surface area contributed by atoms with Gasteiger partial charge < -0.3 is 24.3 Å². The fourth-order valence-electron chi connectivity index (χ4n) is 2.70. The number of carbonyl (C=O) groups is 2. The van der Waals surface area contributed by atoms with Crippen molar-refractivity contribution in [3.8, 4) is 17.2 Å². The number of para-hydroxylation sites is 1. The zero-order valence-corrected chi connectivity index (χ0v) is 16.3. The van der Waals surface area contributed by atoms with Gasteiger partial charge in [0.15, 0.2) is 17.6 Å². The maximum absolute atomic E-state index is 12.3. The first-order valence-electron chi connectivity index (χ1n) is 9.38. The first kappa shape index (κ1) is 20.3. The van der Waals surface area contributed by atoms with E-state index in [0.717, 1.165) is 5.56 Å². The fourth-order valence-corrected chi connectivity index (χ4v) is 2.70. The summed E-state index contributed by atoms with van der Waals surface area (Å²) in [7, 11) is 0. The second-order valence-electron chi connectivity index (χ2n) is 6.23. The molecule has 0 aromatic heterocycles. The molecule has 152 valence electrons. The lowest BCUT2D eigenvalue weighted by Gasteiger charge is -2.19. The average molecular weight is 397 g/mol. The van der Waals surface area contributed by atoms with E-state index >= 15 is 0 Å². The number of anilines is 1. The molecule has 1 unspecified atom stereocenters. The third kappa shape index (κ3) is 5.51. The first-order valence-corrected chi connectivity index (χ1v) is 9.38. The zero-order chi connectivity index (χ0) is 20.6. The van der Waals surface area contributed by atoms with Gasteiger partial charge in [0.2, 0.25) is 0 Å². The standard InChI is InChI=1S/C22H23NO6/c1-3-26-18-7-5-4-6-16(18)8-11-21(24)29-15(2)22(25)23-17-9-10-19-20(14-17)28-13-12-27-19/h4-11,14-15H,3,12-13H2,1-2H3,(H,23,25)/b11-8+. The van der Waals surface area contributed by atoms with E-state index in [0.29, 0.717) is 42.8 Å². The van der Waals surface area contributed by atoms with Gasteiger partial charge in [0.25, 0.3) is 5.91 Å². The normalized spacial score (nSPS) is 13.6. The van der Waals surface area contributed by atoms with Crippen LogP contribution in [0.15, 0.2) is 48.5 Å². The molecule has 0 aliphatic carbocycles. The Bertz CT molecular complexity index is 908. The summed E-state index contributed by atoms with van der Waals surface area (Å²) in [5.41, 5.74) is 1.28. The van der Waals surface area contributed by atoms with Gasteiger partial charge in [-0.05, 0) is 38.1 Å². The lowest BCUT2D eigenvalue weighted by Crippen LogP contribution is -2.29. The molecular weight excluding hydrogens is 374 g/mol. The van der Waals surface area contributed by atoms with Gasteiger partial charge in [0, 0.05) is 23.4 Å². The molecular formula is C22H23NO6. The van der Waals surface area contributed by atoms with Gasteiger partial charge in [0.05, 0.1) is 6.61 Å². The van der Waals surface area contributed by atoms with Crippen LogP contribution in [0.1, 0.15) is 19.4 Å². The van der Waals surface area contributed by atoms with Crippen molar-refractivity contribution < 1.29 is 28.5 Å². The molecule has 1 aliphatic rings. The van der Waals surface area contributed by atoms with E-state index in [1.807, 2.05) is 31.2 Å². The van der Waals surface area contributed by atoms with E-state index in [2.05, 4.69) is 5.32 Å². The van der Waals surface area contributed by atoms with E-state index in [1.165, 1.54) is 13.0 Å². The van der Waals surface area contributed by atoms with Crippen LogP contribution in [0.25, 0.3) is 6.08 Å². The molecule has 7 nitrogen and oxygen atoms in total. The maximum atomic E-state index is 12.3. The third-order valence-electron chi connectivity index (χ3n) is 4.09. The second kappa shape index (κ2) is 9.64. The van der Waals surface area contributed by atoms with Crippen molar-refractivity contribution >= 4 is 23.6 Å². The van der Waals surface area contributed by atoms with E-state index < -0.39 is 18.0 Å². The van der Waals surface area contributed by atoms with E-state index in [9.17, 15) is 9.59 Å². The quantitative estimate of drug-likeness (QED) is 0.569. The van der Waals surface area contributed by atoms with Crippen molar-refractivity contribution in [3.63, 3.8) is 0 Å². The molecule has 1 N–H and O–H groups in total. The average Bonchev–Trinajstić information content (AvgIpc) is 2.73. The largest absolute Gasteiger partial charge is 0.493 e. The molecule has 7 heteroatoms. The molecule has 1 heterocycles. The number of amides is 1. The van der Waals surface area contributed by atoms with Crippen LogP contribution in [-0.4, -0.2) is 37.8 Å². The monoisotopic (exact) mass is 397 g/mol. The van der Waals surface area contributed by atoms with Crippen LogP contribution in [0.4, 0.5) is 5.69 Å². The smallest absolute Gasteiger partial charge is 0.331 e. The Morgan fingerprint density at radius 1 is 1.14 bits per heavy atom. The number of esters is 1. The highest BCUT2D eigenvalue weighted by Gasteiger charge is 2.18. The predicted octanol–water partition coefficient (Wildman–Crippen LogP) is 3.44. The fraction of sp³-hybridized carbons (Fsp3) is 0.273. The highest BCUT2D eigenvalue weighted by atomic mass is 16.6. The van der Waals surface area contributed by atoms with Crippen LogP contribution in [-0.2, 0) is 14.3 Å². The Morgan fingerprint density at radius 2 is 1.90 bits per heavy atom. The van der Waals surface area contributed by atoms with Crippen molar-refractivity contribution in [2.24, 2.45) is 0 Å². The van der Waals surface area contributed by atoms with Crippen LogP contribution in [0.5, 0.6) is 17.2 Å². The van der Waals surface area contributed by atoms with Crippen molar-refractivity contribution in [3.05, 3.63) is 54.1 Å². The molecule has 0 spiro atoms. The van der Waals surface area contributed by atoms with Crippen molar-refractivity contribution in [1.29, 1.82) is 0 Å². The SMILES string of the molecule is CCOc1ccccc1/C=C/C(=O)OC(C)C(=O)Nc1ccc2c(c1)OCCO2. The van der Waals surface area contributed by atoms with Gasteiger partial charge in [-0.15, -0.1) is 0 Å². The lowest BCUT2D eigenvalue weighted by molar-refractivity contribution is -0.148. The van der Waals surface area contributed by atoms with E-state index in [-0.39, 0.29) is 0 Å². The van der Waals surface area contributed by atoms with Crippen LogP contribution in [0.3, 0.4) is 0 Å². The Morgan fingerprint density at radius 3 is 2.69 bits per heavy atom. The molecule has 1 amide bonds. The summed E-state index contributed by atoms with van der Waals surface area (Å²) in [5, 5.41) is 2.70. The summed E-state index contributed by atoms with van der Waals surface area (Å²) in [4.78, 5) is 24.4. The molecule has 1 aliphatic heterocycles. The number of hydrogen-bond donors (Lipinski definition) is 1. The van der Waals surface area contributed by atoms with Crippen LogP contribution in [0, 0.1) is 0 Å². The summed E-state index contributed by atoms with van der Waals surface area (Å²) in [5.74, 6) is 0.795. The zero-order valence-electron chi connectivity index (χ0n) is 16.3. The highest BCUT2D eigenvalue weighted by Crippen LogP contribution is 2.32. The van der Waals surface area contributed by atoms with Crippen LogP contribution >= 0.6 is 0 Å². The first-order chi connectivity index (χ1) is 14.1. The maximum Gasteiger partial charge on any atom is 0.331 e. The number of ether oxygens (including phenoxy) is 4. The van der Waals surface area contributed by atoms with Gasteiger partial charge in [-0.2, -0.15) is 0 Å². The Balaban J connectivity index is 1.56. The molecule has 0 bridgehead atoms. The molecule has 0 fully saturated rings. The number of nitrogens with one attached hydrogen (secondary N) is 1. The second-order valence-corrected chi connectivity index (χ2v) is 6.23. The summed E-state index contributed by atoms with van der Waals surface area (Å²) in [6.07, 6.45) is 1.90. The molecule has 0 saturated carbocycles. The van der Waals surface area contributed by atoms with Gasteiger partial charge in [-0.3, -0.25) is 4.79 Å². The molecule has 3 rings (SSSR count). The van der Waals surface area contributed by atoms with Crippen molar-refractivity contribution in [2.45, 2.75) is 20.0 Å². The van der Waals surface area contributed by atoms with Crippen LogP contribution < -0.4 is 19.5 Å². The minimum absolute atomic E-state index is 0.446. The molecule has 2 aromatic rings. The lowest BCUT2D eigenvalue weighted by atomic mass is 10.2. The summed E-state index contributed by atoms with van der Waals surface area (Å²) in [6.45, 7) is 4.86. The third-order valence-corrected chi connectivity index (χ3v) is 4.09. The Kier molecular flexibility index (Phi) is 6.73. The van der Waals surface area contributed by atoms with Crippen molar-refractivity contribution in [1.82, 2.24) is 0 Å². The number of carbonyl (C=O) groups excluding carboxylic acids is 2. The van der Waals surface area contributed by atoms with Gasteiger partial charge >= 0.3 is 5.97 Å². The topological polar surface area (TPSA) is 83.1 Å². The van der Waals surface area contributed by atoms with Crippen molar-refractivity contribution in [2.75, 3.05) is 25.1 Å². The predicted molar refractivity (Wildman–Crippen MR) is 108 cm³/mol. The van der Waals surface area contributed by atoms with E-state index in [4.69, 9.17) is 18.9 Å². The van der Waals surface area contributed by atoms with Gasteiger partial charge in [-0.1, -0.05) is 18.2 Å². The Hall–Kier alpha value is -3.48. The number of benzene rings is 2. The van der Waals surface area contributed by atoms with Gasteiger partial charge in [0.1, 0.15) is 19.0 Å². The minimum Gasteiger partial charge on any atom is -0.493 e. The summed E-state index contributed by atoms with van der Waals surface area (Å²) < 4.78 is 21.6. The van der Waals surface area contributed by atoms with E-state index in [1.54, 1.807) is 24.3 Å². The summed E-state index contributed by atoms with van der Waals surface area (Å²) >= 11 is 0. The van der Waals surface area contributed by atoms with Gasteiger partial charge in [-0.25, -0.2) is 4.79 Å². The molecule has 0 radical (unpaired) electrons. The number of rotatable bonds is 7. The number of fused-ring (bicyclic) bond motifs is 1.